The third-order valence-corrected chi connectivity index (χ3v) is 17.9. The van der Waals surface area contributed by atoms with Crippen molar-refractivity contribution < 1.29 is 71.0 Å². The Hall–Kier alpha value is -1.75. The molecule has 2 spiro atoms. The monoisotopic (exact) mass is 934 g/mol. The Morgan fingerprint density at radius 1 is 0.933 bits per heavy atom. The smallest absolute Gasteiger partial charge is 0.338 e. The van der Waals surface area contributed by atoms with Crippen molar-refractivity contribution in [3.05, 3.63) is 24.8 Å². The number of nitrogens with one attached hydrogen (secondary N) is 1. The molecule has 21 heteroatoms. The number of aliphatic hydroxyl groups excluding tert-OH is 5. The van der Waals surface area contributed by atoms with Gasteiger partial charge in [0.25, 0.3) is 5.91 Å². The summed E-state index contributed by atoms with van der Waals surface area (Å²) in [5.41, 5.74) is 0.0769. The lowest BCUT2D eigenvalue weighted by Gasteiger charge is -2.36. The van der Waals surface area contributed by atoms with Crippen LogP contribution < -0.4 is 4.72 Å². The van der Waals surface area contributed by atoms with Crippen molar-refractivity contribution in [2.75, 3.05) is 57.0 Å². The standard InChI is InChI=1S/C13H19NO3S.C11H18O7.C10H17NO2S.C4H8O3.CH2Cl2/c1-4-11(15)14-10-7-9-5-6-13(10,12(9,2)3)8-18(14,16)17;1-6-9(7(3-12)4-13)17-11(18-10(6)15)8(5-14)16-2;1-9(2)7-3-4-10(9)6-14(12,13)11-8(10)5-7;5-1-4(2-6)3-7;2-1-3/h4,9-10H,1,5-8H2,2-3H3;7-9,11-14H,1,3-5H2,2H3;7-8,11H,3-6H2,1-2H3;1,4,6-7H,2-3H2;1H2/t;8?,9-,11+;;;/m.0.../s1. The predicted octanol–water partition coefficient (Wildman–Crippen LogP) is 1.28. The quantitative estimate of drug-likeness (QED) is 0.0781. The number of fused-ring (bicyclic) bond motifs is 2. The van der Waals surface area contributed by atoms with Gasteiger partial charge in [0, 0.05) is 29.9 Å². The molecule has 0 aromatic rings. The summed E-state index contributed by atoms with van der Waals surface area (Å²) >= 11 is 9.53. The van der Waals surface area contributed by atoms with Crippen LogP contribution in [-0.2, 0) is 48.6 Å². The van der Waals surface area contributed by atoms with E-state index < -0.39 is 68.9 Å². The van der Waals surface area contributed by atoms with E-state index in [-0.39, 0.29) is 76.8 Å². The molecule has 3 aliphatic heterocycles. The van der Waals surface area contributed by atoms with Crippen molar-refractivity contribution in [3.8, 4) is 0 Å². The van der Waals surface area contributed by atoms with E-state index in [0.717, 1.165) is 48.4 Å². The number of nitrogens with zero attached hydrogens (tertiary/aromatic N) is 1. The second-order valence-electron chi connectivity index (χ2n) is 17.5. The fourth-order valence-corrected chi connectivity index (χ4v) is 15.4. The van der Waals surface area contributed by atoms with Gasteiger partial charge in [0.15, 0.2) is 0 Å². The van der Waals surface area contributed by atoms with Gasteiger partial charge in [0.1, 0.15) is 18.5 Å². The molecule has 3 saturated heterocycles. The first-order valence-corrected chi connectivity index (χ1v) is 24.2. The molecule has 1 amide bonds. The Balaban J connectivity index is 0.000000217. The largest absolute Gasteiger partial charge is 0.429 e. The maximum absolute atomic E-state index is 12.3. The van der Waals surface area contributed by atoms with Gasteiger partial charge in [-0.15, -0.1) is 23.2 Å². The molecular formula is C39H64Cl2N2O15S2. The Kier molecular flexibility index (Phi) is 18.3. The highest BCUT2D eigenvalue weighted by molar-refractivity contribution is 7.90. The van der Waals surface area contributed by atoms with Gasteiger partial charge in [-0.1, -0.05) is 40.9 Å². The van der Waals surface area contributed by atoms with Crippen LogP contribution in [0.15, 0.2) is 24.8 Å². The summed E-state index contributed by atoms with van der Waals surface area (Å²) in [4.78, 5) is 33.1. The van der Waals surface area contributed by atoms with Gasteiger partial charge in [-0.05, 0) is 67.3 Å². The fourth-order valence-electron chi connectivity index (χ4n) is 10.6. The van der Waals surface area contributed by atoms with Crippen molar-refractivity contribution in [2.45, 2.75) is 96.8 Å². The van der Waals surface area contributed by atoms with E-state index in [2.05, 4.69) is 45.6 Å². The van der Waals surface area contributed by atoms with Crippen LogP contribution in [0.25, 0.3) is 0 Å². The number of methoxy groups -OCH3 is 1. The van der Waals surface area contributed by atoms with E-state index in [9.17, 15) is 31.2 Å². The third-order valence-electron chi connectivity index (χ3n) is 14.5. The Morgan fingerprint density at radius 2 is 1.47 bits per heavy atom. The zero-order chi connectivity index (χ0) is 45.6. The number of hydrogen-bond donors (Lipinski definition) is 6. The number of amides is 1. The molecule has 7 fully saturated rings. The molecule has 4 bridgehead atoms. The van der Waals surface area contributed by atoms with Gasteiger partial charge in [-0.2, -0.15) is 0 Å². The van der Waals surface area contributed by atoms with Crippen molar-refractivity contribution in [3.63, 3.8) is 0 Å². The number of aliphatic hydroxyl groups is 5. The maximum Gasteiger partial charge on any atom is 0.338 e. The molecule has 0 radical (unpaired) electrons. The van der Waals surface area contributed by atoms with E-state index in [1.54, 1.807) is 0 Å². The van der Waals surface area contributed by atoms with E-state index in [4.69, 9.17) is 62.9 Å². The second kappa shape index (κ2) is 20.8. The van der Waals surface area contributed by atoms with Gasteiger partial charge < -0.3 is 44.5 Å². The van der Waals surface area contributed by atoms with E-state index in [0.29, 0.717) is 18.0 Å². The van der Waals surface area contributed by atoms with Crippen molar-refractivity contribution in [1.82, 2.24) is 9.03 Å². The predicted molar refractivity (Wildman–Crippen MR) is 222 cm³/mol. The first-order valence-electron chi connectivity index (χ1n) is 19.9. The van der Waals surface area contributed by atoms with E-state index in [1.807, 2.05) is 0 Å². The highest BCUT2D eigenvalue weighted by atomic mass is 35.5. The number of carbonyl (C=O) groups is 3. The average molecular weight is 936 g/mol. The number of hydrogen-bond acceptors (Lipinski definition) is 15. The summed E-state index contributed by atoms with van der Waals surface area (Å²) in [6.07, 6.45) is 5.09. The van der Waals surface area contributed by atoms with Gasteiger partial charge in [-0.25, -0.2) is 30.7 Å². The maximum atomic E-state index is 12.3. The van der Waals surface area contributed by atoms with Crippen LogP contribution in [0.3, 0.4) is 0 Å². The molecule has 3 heterocycles. The summed E-state index contributed by atoms with van der Waals surface area (Å²) < 4.78 is 67.0. The number of ether oxygens (including phenoxy) is 3. The Morgan fingerprint density at radius 3 is 1.88 bits per heavy atom. The molecule has 4 saturated carbocycles. The molecule has 0 aromatic heterocycles. The second-order valence-corrected chi connectivity index (χ2v) is 21.9. The number of cyclic esters (lactones) is 1. The zero-order valence-corrected chi connectivity index (χ0v) is 38.1. The molecule has 0 aromatic carbocycles. The van der Waals surface area contributed by atoms with Crippen LogP contribution in [0.5, 0.6) is 0 Å². The van der Waals surface area contributed by atoms with Crippen LogP contribution in [-0.4, -0.2) is 152 Å². The summed E-state index contributed by atoms with van der Waals surface area (Å²) in [6.45, 7) is 14.1. The average Bonchev–Trinajstić information content (AvgIpc) is 3.90. The van der Waals surface area contributed by atoms with Gasteiger partial charge in [-0.3, -0.25) is 4.79 Å². The molecule has 4 aliphatic carbocycles. The molecule has 60 heavy (non-hydrogen) atoms. The van der Waals surface area contributed by atoms with Gasteiger partial charge >= 0.3 is 5.97 Å². The van der Waals surface area contributed by atoms with Crippen LogP contribution in [0.1, 0.15) is 66.2 Å². The summed E-state index contributed by atoms with van der Waals surface area (Å²) in [7, 11) is -5.09. The van der Waals surface area contributed by atoms with E-state index >= 15 is 0 Å². The highest BCUT2D eigenvalue weighted by Gasteiger charge is 2.72. The number of aldehydes is 1. The molecule has 9 atom stereocenters. The number of esters is 1. The number of halogens is 2. The Bertz CT molecular complexity index is 1750. The highest BCUT2D eigenvalue weighted by Crippen LogP contribution is 2.70. The number of sulfonamides is 2. The van der Waals surface area contributed by atoms with E-state index in [1.165, 1.54) is 13.5 Å². The minimum absolute atomic E-state index is 0.0148. The molecule has 7 rings (SSSR count). The lowest BCUT2D eigenvalue weighted by molar-refractivity contribution is -0.243. The SMILES string of the molecule is C=C1C(=O)O[C@H](C(CO)OC)O[C@@H]1C(CO)CO.C=CC(=O)N1C2CC3CCC2(CS1(=O)=O)C3(C)C.CC1(C)C2CCC13CS(=O)(=O)NC3C2.ClCCl.O=CC(CO)CO. The van der Waals surface area contributed by atoms with Gasteiger partial charge in [0.05, 0.1) is 67.4 Å². The number of rotatable bonds is 10. The first-order chi connectivity index (χ1) is 28.0. The lowest BCUT2D eigenvalue weighted by Crippen LogP contribution is -2.49. The summed E-state index contributed by atoms with van der Waals surface area (Å²) in [5.74, 6) is -0.640. The van der Waals surface area contributed by atoms with Crippen LogP contribution >= 0.6 is 23.2 Å². The van der Waals surface area contributed by atoms with Crippen molar-refractivity contribution in [1.29, 1.82) is 0 Å². The summed E-state index contributed by atoms with van der Waals surface area (Å²) in [6, 6.07) is 0.1000. The Labute approximate surface area is 363 Å². The third kappa shape index (κ3) is 9.97. The van der Waals surface area contributed by atoms with Crippen molar-refractivity contribution >= 4 is 61.4 Å². The van der Waals surface area contributed by atoms with Crippen LogP contribution in [0, 0.1) is 45.3 Å². The van der Waals surface area contributed by atoms with Crippen LogP contribution in [0.4, 0.5) is 0 Å². The zero-order valence-electron chi connectivity index (χ0n) is 35.0. The minimum atomic E-state index is -3.46. The normalized spacial score (nSPS) is 34.3. The molecule has 346 valence electrons. The van der Waals surface area contributed by atoms with Gasteiger partial charge in [0.2, 0.25) is 26.3 Å². The molecule has 6 N–H and O–H groups in total. The number of alkyl halides is 2. The lowest BCUT2D eigenvalue weighted by atomic mass is 9.69. The van der Waals surface area contributed by atoms with Crippen molar-refractivity contribution in [2.24, 2.45) is 45.3 Å². The molecular weight excluding hydrogens is 871 g/mol. The molecule has 17 nitrogen and oxygen atoms in total. The minimum Gasteiger partial charge on any atom is -0.429 e. The molecule has 7 unspecified atom stereocenters. The first kappa shape index (κ1) is 52.6. The number of carbonyl (C=O) groups excluding carboxylic acids is 3. The topological polar surface area (TPSA) is 264 Å². The fraction of sp³-hybridized carbons (Fsp3) is 0.821. The molecule has 7 aliphatic rings. The van der Waals surface area contributed by atoms with Crippen LogP contribution in [0.2, 0.25) is 0 Å². The summed E-state index contributed by atoms with van der Waals surface area (Å²) in [5, 5.41) is 43.7.